The number of hydrogen-bond acceptors (Lipinski definition) is 3. The van der Waals surface area contributed by atoms with Crippen molar-refractivity contribution in [1.29, 1.82) is 0 Å². The summed E-state index contributed by atoms with van der Waals surface area (Å²) in [5.74, 6) is 0.481. The van der Waals surface area contributed by atoms with Gasteiger partial charge in [-0.25, -0.2) is 4.98 Å². The van der Waals surface area contributed by atoms with Gasteiger partial charge in [0.2, 0.25) is 5.91 Å². The molecule has 1 amide bonds. The standard InChI is InChI=1S/C11H20N4O/c1-8(2)4-9(12)10-5-14-7-15(10)6-11(16)13-3/h5,7-9H,4,6,12H2,1-3H3,(H,13,16). The molecule has 1 unspecified atom stereocenters. The van der Waals surface area contributed by atoms with Crippen LogP contribution in [0.1, 0.15) is 32.0 Å². The molecular weight excluding hydrogens is 204 g/mol. The topological polar surface area (TPSA) is 72.9 Å². The highest BCUT2D eigenvalue weighted by atomic mass is 16.1. The van der Waals surface area contributed by atoms with Crippen molar-refractivity contribution in [3.05, 3.63) is 18.2 Å². The molecule has 0 spiro atoms. The Morgan fingerprint density at radius 1 is 1.62 bits per heavy atom. The molecule has 1 heterocycles. The summed E-state index contributed by atoms with van der Waals surface area (Å²) in [6.07, 6.45) is 4.26. The average Bonchev–Trinajstić information content (AvgIpc) is 2.64. The number of aromatic nitrogens is 2. The number of amides is 1. The molecule has 90 valence electrons. The van der Waals surface area contributed by atoms with Gasteiger partial charge < -0.3 is 15.6 Å². The quantitative estimate of drug-likeness (QED) is 0.772. The van der Waals surface area contributed by atoms with Crippen LogP contribution in [0.3, 0.4) is 0 Å². The van der Waals surface area contributed by atoms with Gasteiger partial charge in [-0.1, -0.05) is 13.8 Å². The fourth-order valence-corrected chi connectivity index (χ4v) is 1.63. The van der Waals surface area contributed by atoms with Gasteiger partial charge in [0.05, 0.1) is 12.0 Å². The van der Waals surface area contributed by atoms with Crippen molar-refractivity contribution in [3.8, 4) is 0 Å². The van der Waals surface area contributed by atoms with Gasteiger partial charge in [0.15, 0.2) is 0 Å². The fraction of sp³-hybridized carbons (Fsp3) is 0.636. The molecule has 0 aromatic carbocycles. The number of rotatable bonds is 5. The van der Waals surface area contributed by atoms with E-state index in [4.69, 9.17) is 5.73 Å². The summed E-state index contributed by atoms with van der Waals surface area (Å²) >= 11 is 0. The Kier molecular flexibility index (Phi) is 4.49. The minimum atomic E-state index is -0.0628. The molecule has 0 aliphatic heterocycles. The van der Waals surface area contributed by atoms with Crippen LogP contribution in [0.25, 0.3) is 0 Å². The molecule has 5 nitrogen and oxygen atoms in total. The van der Waals surface area contributed by atoms with E-state index in [2.05, 4.69) is 24.1 Å². The Bertz CT molecular complexity index is 346. The predicted molar refractivity (Wildman–Crippen MR) is 62.7 cm³/mol. The van der Waals surface area contributed by atoms with Gasteiger partial charge in [0, 0.05) is 19.3 Å². The van der Waals surface area contributed by atoms with Gasteiger partial charge in [-0.05, 0) is 12.3 Å². The van der Waals surface area contributed by atoms with Gasteiger partial charge >= 0.3 is 0 Å². The van der Waals surface area contributed by atoms with E-state index in [9.17, 15) is 4.79 Å². The summed E-state index contributed by atoms with van der Waals surface area (Å²) in [6, 6.07) is -0.0628. The lowest BCUT2D eigenvalue weighted by atomic mass is 10.0. The lowest BCUT2D eigenvalue weighted by Gasteiger charge is -2.16. The molecule has 1 atom stereocenters. The van der Waals surface area contributed by atoms with Gasteiger partial charge in [-0.15, -0.1) is 0 Å². The van der Waals surface area contributed by atoms with Crippen LogP contribution in [0.4, 0.5) is 0 Å². The van der Waals surface area contributed by atoms with Crippen LogP contribution >= 0.6 is 0 Å². The summed E-state index contributed by atoms with van der Waals surface area (Å²) in [7, 11) is 1.62. The van der Waals surface area contributed by atoms with Crippen molar-refractivity contribution in [2.75, 3.05) is 7.05 Å². The third-order valence-corrected chi connectivity index (χ3v) is 2.44. The van der Waals surface area contributed by atoms with Gasteiger partial charge in [0.1, 0.15) is 6.54 Å². The molecule has 0 radical (unpaired) electrons. The summed E-state index contributed by atoms with van der Waals surface area (Å²) < 4.78 is 1.80. The normalized spacial score (nSPS) is 12.8. The Hall–Kier alpha value is -1.36. The highest BCUT2D eigenvalue weighted by molar-refractivity contribution is 5.75. The SMILES string of the molecule is CNC(=O)Cn1cncc1C(N)CC(C)C. The molecule has 1 aromatic rings. The van der Waals surface area contributed by atoms with Crippen molar-refractivity contribution < 1.29 is 4.79 Å². The van der Waals surface area contributed by atoms with Crippen molar-refractivity contribution in [3.63, 3.8) is 0 Å². The molecule has 3 N–H and O–H groups in total. The second-order valence-corrected chi connectivity index (χ2v) is 4.36. The van der Waals surface area contributed by atoms with Crippen molar-refractivity contribution in [1.82, 2.24) is 14.9 Å². The first kappa shape index (κ1) is 12.7. The summed E-state index contributed by atoms with van der Waals surface area (Å²) in [5, 5.41) is 2.58. The van der Waals surface area contributed by atoms with Crippen LogP contribution in [-0.2, 0) is 11.3 Å². The molecule has 0 aliphatic rings. The van der Waals surface area contributed by atoms with E-state index in [1.54, 1.807) is 24.1 Å². The third kappa shape index (κ3) is 3.34. The van der Waals surface area contributed by atoms with Gasteiger partial charge in [-0.3, -0.25) is 4.79 Å². The number of nitrogens with one attached hydrogen (secondary N) is 1. The van der Waals surface area contributed by atoms with Crippen LogP contribution in [0.5, 0.6) is 0 Å². The highest BCUT2D eigenvalue weighted by Gasteiger charge is 2.14. The highest BCUT2D eigenvalue weighted by Crippen LogP contribution is 2.18. The smallest absolute Gasteiger partial charge is 0.239 e. The zero-order chi connectivity index (χ0) is 12.1. The number of carbonyl (C=O) groups is 1. The molecule has 0 saturated carbocycles. The van der Waals surface area contributed by atoms with Crippen LogP contribution in [-0.4, -0.2) is 22.5 Å². The molecule has 0 fully saturated rings. The van der Waals surface area contributed by atoms with E-state index in [0.717, 1.165) is 12.1 Å². The molecule has 5 heteroatoms. The lowest BCUT2D eigenvalue weighted by Crippen LogP contribution is -2.26. The van der Waals surface area contributed by atoms with Crippen LogP contribution < -0.4 is 11.1 Å². The Labute approximate surface area is 96.0 Å². The van der Waals surface area contributed by atoms with Gasteiger partial charge in [0.25, 0.3) is 0 Å². The number of hydrogen-bond donors (Lipinski definition) is 2. The third-order valence-electron chi connectivity index (χ3n) is 2.44. The summed E-state index contributed by atoms with van der Waals surface area (Å²) in [4.78, 5) is 15.3. The molecule has 0 aliphatic carbocycles. The molecule has 16 heavy (non-hydrogen) atoms. The fourth-order valence-electron chi connectivity index (χ4n) is 1.63. The van der Waals surface area contributed by atoms with Crippen molar-refractivity contribution in [2.24, 2.45) is 11.7 Å². The Morgan fingerprint density at radius 2 is 2.31 bits per heavy atom. The Morgan fingerprint density at radius 3 is 2.88 bits per heavy atom. The van der Waals surface area contributed by atoms with Crippen molar-refractivity contribution >= 4 is 5.91 Å². The minimum absolute atomic E-state index is 0.0454. The largest absolute Gasteiger partial charge is 0.358 e. The monoisotopic (exact) mass is 224 g/mol. The predicted octanol–water partition coefficient (Wildman–Crippen LogP) is 0.675. The first-order valence-electron chi connectivity index (χ1n) is 5.50. The van der Waals surface area contributed by atoms with E-state index in [1.807, 2.05) is 0 Å². The number of likely N-dealkylation sites (N-methyl/N-ethyl adjacent to an activating group) is 1. The second-order valence-electron chi connectivity index (χ2n) is 4.36. The summed E-state index contributed by atoms with van der Waals surface area (Å²) in [6.45, 7) is 4.52. The van der Waals surface area contributed by atoms with Crippen LogP contribution in [0.2, 0.25) is 0 Å². The van der Waals surface area contributed by atoms with Crippen LogP contribution in [0, 0.1) is 5.92 Å². The summed E-state index contributed by atoms with van der Waals surface area (Å²) in [5.41, 5.74) is 6.98. The van der Waals surface area contributed by atoms with E-state index >= 15 is 0 Å². The maximum Gasteiger partial charge on any atom is 0.239 e. The second kappa shape index (κ2) is 5.65. The zero-order valence-corrected chi connectivity index (χ0v) is 10.1. The molecule has 0 saturated heterocycles. The van der Waals surface area contributed by atoms with E-state index in [-0.39, 0.29) is 18.5 Å². The molecule has 0 bridgehead atoms. The number of imidazole rings is 1. The molecular formula is C11H20N4O. The first-order valence-corrected chi connectivity index (χ1v) is 5.50. The van der Waals surface area contributed by atoms with Crippen molar-refractivity contribution in [2.45, 2.75) is 32.9 Å². The van der Waals surface area contributed by atoms with Crippen LogP contribution in [0.15, 0.2) is 12.5 Å². The van der Waals surface area contributed by atoms with E-state index in [0.29, 0.717) is 5.92 Å². The zero-order valence-electron chi connectivity index (χ0n) is 10.1. The number of nitrogens with zero attached hydrogens (tertiary/aromatic N) is 2. The Balaban J connectivity index is 2.73. The molecule has 1 rings (SSSR count). The first-order chi connectivity index (χ1) is 7.54. The maximum atomic E-state index is 11.3. The molecule has 1 aromatic heterocycles. The maximum absolute atomic E-state index is 11.3. The number of nitrogens with two attached hydrogens (primary N) is 1. The van der Waals surface area contributed by atoms with Gasteiger partial charge in [-0.2, -0.15) is 0 Å². The average molecular weight is 224 g/mol. The van der Waals surface area contributed by atoms with E-state index < -0.39 is 0 Å². The number of carbonyl (C=O) groups excluding carboxylic acids is 1. The minimum Gasteiger partial charge on any atom is -0.358 e. The lowest BCUT2D eigenvalue weighted by molar-refractivity contribution is -0.121. The van der Waals surface area contributed by atoms with E-state index in [1.165, 1.54) is 0 Å².